The number of aryl methyl sites for hydroxylation is 1. The van der Waals surface area contributed by atoms with Crippen molar-refractivity contribution in [1.82, 2.24) is 29.1 Å². The minimum Gasteiger partial charge on any atom is -0.354 e. The number of H-pyrrole nitrogens is 1. The van der Waals surface area contributed by atoms with Crippen molar-refractivity contribution < 1.29 is 0 Å². The lowest BCUT2D eigenvalue weighted by atomic mass is 10.0. The average Bonchev–Trinajstić information content (AvgIpc) is 3.91. The van der Waals surface area contributed by atoms with E-state index in [2.05, 4.69) is 166 Å². The van der Waals surface area contributed by atoms with Gasteiger partial charge in [0.2, 0.25) is 0 Å². The van der Waals surface area contributed by atoms with E-state index in [4.69, 9.17) is 9.97 Å². The first-order valence-electron chi connectivity index (χ1n) is 18.2. The van der Waals surface area contributed by atoms with E-state index >= 15 is 0 Å². The first kappa shape index (κ1) is 30.3. The Bertz CT molecular complexity index is 3220. The molecule has 254 valence electrons. The van der Waals surface area contributed by atoms with Crippen molar-refractivity contribution in [2.24, 2.45) is 0 Å². The molecule has 0 atom stereocenters. The molecular formula is C48H32N6. The highest BCUT2D eigenvalue weighted by molar-refractivity contribution is 6.13. The molecule has 0 radical (unpaired) electrons. The molecule has 0 fully saturated rings. The first-order chi connectivity index (χ1) is 26.7. The number of imidazole rings is 1. The van der Waals surface area contributed by atoms with Gasteiger partial charge in [0.05, 0.1) is 27.6 Å². The largest absolute Gasteiger partial charge is 0.354 e. The van der Waals surface area contributed by atoms with Crippen molar-refractivity contribution in [2.75, 3.05) is 0 Å². The lowest BCUT2D eigenvalue weighted by Crippen LogP contribution is -1.98. The number of nitrogens with one attached hydrogen (secondary N) is 1. The summed E-state index contributed by atoms with van der Waals surface area (Å²) in [6.07, 6.45) is 5.56. The van der Waals surface area contributed by atoms with Crippen LogP contribution in [0.2, 0.25) is 0 Å². The Hall–Kier alpha value is -7.31. The van der Waals surface area contributed by atoms with E-state index in [0.717, 1.165) is 78.2 Å². The number of benzene rings is 6. The molecule has 0 bridgehead atoms. The van der Waals surface area contributed by atoms with E-state index < -0.39 is 0 Å². The molecule has 0 unspecified atom stereocenters. The second-order valence-corrected chi connectivity index (χ2v) is 13.9. The molecule has 0 saturated carbocycles. The van der Waals surface area contributed by atoms with Crippen LogP contribution in [0.4, 0.5) is 0 Å². The van der Waals surface area contributed by atoms with Gasteiger partial charge in [0.15, 0.2) is 0 Å². The minimum absolute atomic E-state index is 0.868. The number of para-hydroxylation sites is 4. The highest BCUT2D eigenvalue weighted by Crippen LogP contribution is 2.40. The van der Waals surface area contributed by atoms with Crippen LogP contribution in [-0.4, -0.2) is 29.1 Å². The zero-order valence-electron chi connectivity index (χ0n) is 29.4. The Labute approximate surface area is 310 Å². The summed E-state index contributed by atoms with van der Waals surface area (Å²) >= 11 is 0. The van der Waals surface area contributed by atoms with E-state index in [-0.39, 0.29) is 0 Å². The Balaban J connectivity index is 1.16. The van der Waals surface area contributed by atoms with Gasteiger partial charge in [0, 0.05) is 62.5 Å². The SMILES string of the molecule is Cc1ccc2c3ccc(-c4cccc5c4nc(-c4cccc6c4[nH]c4ccccc46)n5-c4ccccc4)cc3n(-c3cc(-c4ccncc4)ccn3)c2c1. The number of fused-ring (bicyclic) bond motifs is 7. The van der Waals surface area contributed by atoms with E-state index in [1.165, 1.54) is 27.1 Å². The second kappa shape index (κ2) is 11.9. The normalized spacial score (nSPS) is 11.8. The summed E-state index contributed by atoms with van der Waals surface area (Å²) in [6, 6.07) is 53.8. The predicted molar refractivity (Wildman–Crippen MR) is 221 cm³/mol. The Morgan fingerprint density at radius 3 is 2.13 bits per heavy atom. The highest BCUT2D eigenvalue weighted by Gasteiger charge is 2.21. The minimum atomic E-state index is 0.868. The molecule has 11 rings (SSSR count). The maximum Gasteiger partial charge on any atom is 0.147 e. The fourth-order valence-corrected chi connectivity index (χ4v) is 8.22. The molecule has 6 aromatic carbocycles. The molecule has 0 saturated heterocycles. The van der Waals surface area contributed by atoms with Crippen LogP contribution >= 0.6 is 0 Å². The number of aromatic amines is 1. The van der Waals surface area contributed by atoms with Crippen molar-refractivity contribution in [3.05, 3.63) is 176 Å². The van der Waals surface area contributed by atoms with Crippen molar-refractivity contribution in [3.8, 4) is 45.1 Å². The first-order valence-corrected chi connectivity index (χ1v) is 18.2. The van der Waals surface area contributed by atoms with Crippen molar-refractivity contribution >= 4 is 54.6 Å². The van der Waals surface area contributed by atoms with Gasteiger partial charge in [0.1, 0.15) is 11.6 Å². The number of pyridine rings is 2. The van der Waals surface area contributed by atoms with Gasteiger partial charge < -0.3 is 4.98 Å². The van der Waals surface area contributed by atoms with Crippen LogP contribution in [0.3, 0.4) is 0 Å². The van der Waals surface area contributed by atoms with Crippen LogP contribution in [0.5, 0.6) is 0 Å². The molecule has 11 aromatic rings. The highest BCUT2D eigenvalue weighted by atomic mass is 15.1. The van der Waals surface area contributed by atoms with Crippen molar-refractivity contribution in [2.45, 2.75) is 6.92 Å². The van der Waals surface area contributed by atoms with Gasteiger partial charge in [0.25, 0.3) is 0 Å². The van der Waals surface area contributed by atoms with Gasteiger partial charge in [-0.05, 0) is 95.9 Å². The van der Waals surface area contributed by atoms with E-state index in [0.29, 0.717) is 0 Å². The van der Waals surface area contributed by atoms with Gasteiger partial charge >= 0.3 is 0 Å². The van der Waals surface area contributed by atoms with Crippen molar-refractivity contribution in [3.63, 3.8) is 0 Å². The Morgan fingerprint density at radius 1 is 0.500 bits per heavy atom. The molecule has 54 heavy (non-hydrogen) atoms. The van der Waals surface area contributed by atoms with Crippen molar-refractivity contribution in [1.29, 1.82) is 0 Å². The predicted octanol–water partition coefficient (Wildman–Crippen LogP) is 11.9. The lowest BCUT2D eigenvalue weighted by molar-refractivity contribution is 1.08. The van der Waals surface area contributed by atoms with Crippen LogP contribution in [0, 0.1) is 6.92 Å². The molecule has 0 amide bonds. The molecule has 1 N–H and O–H groups in total. The standard InChI is InChI=1S/C48H32N6/c1-30-17-19-37-38-20-18-33(28-44(38)54(43(37)27-30)45-29-32(23-26-50-45)31-21-24-49-25-22-31)35-12-8-16-42-47(35)52-48(53(42)34-9-3-2-4-10-34)40-14-7-13-39-36-11-5-6-15-41(36)51-46(39)40/h2-29,51H,1H3. The Kier molecular flexibility index (Phi) is 6.67. The second-order valence-electron chi connectivity index (χ2n) is 13.9. The fourth-order valence-electron chi connectivity index (χ4n) is 8.22. The molecule has 0 aliphatic rings. The van der Waals surface area contributed by atoms with E-state index in [9.17, 15) is 0 Å². The topological polar surface area (TPSA) is 64.3 Å². The van der Waals surface area contributed by atoms with Gasteiger partial charge in [-0.1, -0.05) is 84.9 Å². The van der Waals surface area contributed by atoms with E-state index in [1.54, 1.807) is 0 Å². The third kappa shape index (κ3) is 4.63. The maximum atomic E-state index is 5.53. The molecule has 0 aliphatic heterocycles. The zero-order chi connectivity index (χ0) is 35.8. The van der Waals surface area contributed by atoms with Crippen LogP contribution in [0.1, 0.15) is 5.56 Å². The number of hydrogen-bond acceptors (Lipinski definition) is 3. The Morgan fingerprint density at radius 2 is 1.24 bits per heavy atom. The summed E-state index contributed by atoms with van der Waals surface area (Å²) in [6.45, 7) is 2.14. The molecule has 0 spiro atoms. The number of rotatable bonds is 5. The van der Waals surface area contributed by atoms with Crippen LogP contribution in [0.15, 0.2) is 170 Å². The van der Waals surface area contributed by atoms with Crippen LogP contribution < -0.4 is 0 Å². The number of nitrogens with zero attached hydrogens (tertiary/aromatic N) is 5. The third-order valence-electron chi connectivity index (χ3n) is 10.7. The smallest absolute Gasteiger partial charge is 0.147 e. The van der Waals surface area contributed by atoms with Gasteiger partial charge in [-0.15, -0.1) is 0 Å². The van der Waals surface area contributed by atoms with Gasteiger partial charge in [-0.3, -0.25) is 14.1 Å². The van der Waals surface area contributed by atoms with Gasteiger partial charge in [-0.2, -0.15) is 0 Å². The summed E-state index contributed by atoms with van der Waals surface area (Å²) in [7, 11) is 0. The molecule has 6 heteroatoms. The van der Waals surface area contributed by atoms with Crippen LogP contribution in [-0.2, 0) is 0 Å². The summed E-state index contributed by atoms with van der Waals surface area (Å²) in [5, 5.41) is 4.76. The summed E-state index contributed by atoms with van der Waals surface area (Å²) < 4.78 is 4.60. The number of hydrogen-bond donors (Lipinski definition) is 1. The zero-order valence-corrected chi connectivity index (χ0v) is 29.4. The fraction of sp³-hybridized carbons (Fsp3) is 0.0208. The van der Waals surface area contributed by atoms with E-state index in [1.807, 2.05) is 30.7 Å². The summed E-state index contributed by atoms with van der Waals surface area (Å²) in [5.41, 5.74) is 14.1. The van der Waals surface area contributed by atoms with Gasteiger partial charge in [-0.25, -0.2) is 9.97 Å². The average molecular weight is 693 g/mol. The number of aromatic nitrogens is 6. The summed E-state index contributed by atoms with van der Waals surface area (Å²) in [5.74, 6) is 1.76. The maximum absolute atomic E-state index is 5.53. The molecule has 6 nitrogen and oxygen atoms in total. The molecule has 0 aliphatic carbocycles. The molecule has 5 heterocycles. The summed E-state index contributed by atoms with van der Waals surface area (Å²) in [4.78, 5) is 18.4. The van der Waals surface area contributed by atoms with Crippen LogP contribution in [0.25, 0.3) is 99.8 Å². The third-order valence-corrected chi connectivity index (χ3v) is 10.7. The lowest BCUT2D eigenvalue weighted by Gasteiger charge is -2.11. The quantitative estimate of drug-likeness (QED) is 0.195. The molecular weight excluding hydrogens is 661 g/mol. The molecule has 5 aromatic heterocycles. The monoisotopic (exact) mass is 692 g/mol.